The second kappa shape index (κ2) is 12.1. The first kappa shape index (κ1) is 24.5. The number of benzene rings is 2. The predicted molar refractivity (Wildman–Crippen MR) is 136 cm³/mol. The SMILES string of the molecule is CN=C(NCc1cccc(-c2ccccn2)c1)NC(C)c1cc(OC)ccc1OC.I. The summed E-state index contributed by atoms with van der Waals surface area (Å²) in [7, 11) is 5.08. The zero-order chi connectivity index (χ0) is 21.3. The van der Waals surface area contributed by atoms with Gasteiger partial charge < -0.3 is 20.1 Å². The average molecular weight is 532 g/mol. The van der Waals surface area contributed by atoms with Crippen LogP contribution in [0.2, 0.25) is 0 Å². The van der Waals surface area contributed by atoms with Crippen LogP contribution in [0, 0.1) is 0 Å². The van der Waals surface area contributed by atoms with Crippen LogP contribution in [0.3, 0.4) is 0 Å². The predicted octanol–water partition coefficient (Wildman–Crippen LogP) is 4.81. The van der Waals surface area contributed by atoms with Crippen molar-refractivity contribution in [3.8, 4) is 22.8 Å². The number of ether oxygens (including phenoxy) is 2. The molecule has 0 aliphatic heterocycles. The molecule has 31 heavy (non-hydrogen) atoms. The highest BCUT2D eigenvalue weighted by molar-refractivity contribution is 14.0. The van der Waals surface area contributed by atoms with Gasteiger partial charge in [-0.1, -0.05) is 24.3 Å². The molecule has 3 rings (SSSR count). The number of hydrogen-bond acceptors (Lipinski definition) is 4. The molecule has 0 spiro atoms. The van der Waals surface area contributed by atoms with Crippen LogP contribution < -0.4 is 20.1 Å². The van der Waals surface area contributed by atoms with E-state index in [2.05, 4.69) is 45.7 Å². The van der Waals surface area contributed by atoms with Crippen molar-refractivity contribution in [2.24, 2.45) is 4.99 Å². The second-order valence-electron chi connectivity index (χ2n) is 6.82. The molecule has 0 aliphatic carbocycles. The largest absolute Gasteiger partial charge is 0.497 e. The van der Waals surface area contributed by atoms with Gasteiger partial charge in [-0.3, -0.25) is 9.98 Å². The molecule has 0 saturated carbocycles. The van der Waals surface area contributed by atoms with E-state index in [0.717, 1.165) is 33.9 Å². The third-order valence-corrected chi connectivity index (χ3v) is 4.83. The third kappa shape index (κ3) is 6.58. The van der Waals surface area contributed by atoms with Crippen molar-refractivity contribution in [3.63, 3.8) is 0 Å². The molecule has 0 amide bonds. The summed E-state index contributed by atoms with van der Waals surface area (Å²) >= 11 is 0. The Morgan fingerprint density at radius 1 is 1.03 bits per heavy atom. The number of halogens is 1. The summed E-state index contributed by atoms with van der Waals surface area (Å²) in [6.07, 6.45) is 1.81. The van der Waals surface area contributed by atoms with Gasteiger partial charge in [-0.15, -0.1) is 24.0 Å². The highest BCUT2D eigenvalue weighted by Gasteiger charge is 2.14. The highest BCUT2D eigenvalue weighted by Crippen LogP contribution is 2.29. The van der Waals surface area contributed by atoms with Gasteiger partial charge in [-0.05, 0) is 48.9 Å². The number of nitrogens with zero attached hydrogens (tertiary/aromatic N) is 2. The van der Waals surface area contributed by atoms with E-state index in [1.807, 2.05) is 42.5 Å². The highest BCUT2D eigenvalue weighted by atomic mass is 127. The Hall–Kier alpha value is -2.81. The fraction of sp³-hybridized carbons (Fsp3) is 0.250. The molecule has 1 heterocycles. The van der Waals surface area contributed by atoms with Crippen LogP contribution in [-0.4, -0.2) is 32.2 Å². The molecule has 0 aliphatic rings. The molecule has 3 aromatic rings. The van der Waals surface area contributed by atoms with E-state index >= 15 is 0 Å². The van der Waals surface area contributed by atoms with Gasteiger partial charge in [0.2, 0.25) is 0 Å². The summed E-state index contributed by atoms with van der Waals surface area (Å²) in [5, 5.41) is 6.79. The van der Waals surface area contributed by atoms with Gasteiger partial charge >= 0.3 is 0 Å². The Balaban J connectivity index is 0.00000341. The van der Waals surface area contributed by atoms with Crippen LogP contribution in [0.5, 0.6) is 11.5 Å². The van der Waals surface area contributed by atoms with Gasteiger partial charge in [0.1, 0.15) is 11.5 Å². The van der Waals surface area contributed by atoms with E-state index in [1.165, 1.54) is 0 Å². The lowest BCUT2D eigenvalue weighted by atomic mass is 10.1. The van der Waals surface area contributed by atoms with E-state index in [4.69, 9.17) is 9.47 Å². The van der Waals surface area contributed by atoms with E-state index < -0.39 is 0 Å². The van der Waals surface area contributed by atoms with Crippen molar-refractivity contribution in [1.82, 2.24) is 15.6 Å². The fourth-order valence-corrected chi connectivity index (χ4v) is 3.22. The first-order valence-electron chi connectivity index (χ1n) is 9.84. The number of methoxy groups -OCH3 is 2. The smallest absolute Gasteiger partial charge is 0.191 e. The van der Waals surface area contributed by atoms with Gasteiger partial charge in [-0.25, -0.2) is 0 Å². The Morgan fingerprint density at radius 3 is 2.55 bits per heavy atom. The molecule has 0 fully saturated rings. The molecule has 0 radical (unpaired) electrons. The number of aliphatic imine (C=N–C) groups is 1. The van der Waals surface area contributed by atoms with Crippen LogP contribution >= 0.6 is 24.0 Å². The number of hydrogen-bond donors (Lipinski definition) is 2. The second-order valence-corrected chi connectivity index (χ2v) is 6.82. The van der Waals surface area contributed by atoms with E-state index in [-0.39, 0.29) is 30.0 Å². The number of pyridine rings is 1. The Bertz CT molecular complexity index is 996. The van der Waals surface area contributed by atoms with Gasteiger partial charge in [0.25, 0.3) is 0 Å². The maximum atomic E-state index is 5.50. The van der Waals surface area contributed by atoms with Gasteiger partial charge in [0, 0.05) is 30.9 Å². The van der Waals surface area contributed by atoms with Crippen LogP contribution in [0.25, 0.3) is 11.3 Å². The number of guanidine groups is 1. The molecule has 0 saturated heterocycles. The maximum absolute atomic E-state index is 5.50. The number of aromatic nitrogens is 1. The minimum atomic E-state index is -0.0268. The Kier molecular flexibility index (Phi) is 9.58. The molecule has 7 heteroatoms. The molecule has 1 aromatic heterocycles. The summed E-state index contributed by atoms with van der Waals surface area (Å²) in [4.78, 5) is 8.78. The lowest BCUT2D eigenvalue weighted by molar-refractivity contribution is 0.394. The molecule has 0 bridgehead atoms. The standard InChI is InChI=1S/C24H28N4O2.HI/c1-17(21-15-20(29-3)11-12-23(21)30-4)28-24(25-2)27-16-18-8-7-9-19(14-18)22-10-5-6-13-26-22;/h5-15,17H,16H2,1-4H3,(H2,25,27,28);1H. The summed E-state index contributed by atoms with van der Waals surface area (Å²) in [6.45, 7) is 2.70. The number of rotatable bonds is 7. The average Bonchev–Trinajstić information content (AvgIpc) is 2.81. The Morgan fingerprint density at radius 2 is 1.87 bits per heavy atom. The lowest BCUT2D eigenvalue weighted by Gasteiger charge is -2.21. The van der Waals surface area contributed by atoms with Gasteiger partial charge in [0.05, 0.1) is 26.0 Å². The van der Waals surface area contributed by atoms with Crippen LogP contribution in [0.15, 0.2) is 71.9 Å². The van der Waals surface area contributed by atoms with Crippen LogP contribution in [-0.2, 0) is 6.54 Å². The van der Waals surface area contributed by atoms with Crippen molar-refractivity contribution in [1.29, 1.82) is 0 Å². The minimum absolute atomic E-state index is 0. The van der Waals surface area contributed by atoms with Crippen molar-refractivity contribution in [2.75, 3.05) is 21.3 Å². The molecule has 1 unspecified atom stereocenters. The normalized spacial score (nSPS) is 11.8. The summed E-state index contributed by atoms with van der Waals surface area (Å²) in [5.74, 6) is 2.29. The molecular weight excluding hydrogens is 503 g/mol. The van der Waals surface area contributed by atoms with Crippen molar-refractivity contribution in [3.05, 3.63) is 78.0 Å². The first-order valence-corrected chi connectivity index (χ1v) is 9.84. The first-order chi connectivity index (χ1) is 14.6. The lowest BCUT2D eigenvalue weighted by Crippen LogP contribution is -2.38. The zero-order valence-electron chi connectivity index (χ0n) is 18.3. The third-order valence-electron chi connectivity index (χ3n) is 4.83. The van der Waals surface area contributed by atoms with Gasteiger partial charge in [0.15, 0.2) is 5.96 Å². The fourth-order valence-electron chi connectivity index (χ4n) is 3.22. The number of nitrogens with one attached hydrogen (secondary N) is 2. The quantitative estimate of drug-likeness (QED) is 0.260. The monoisotopic (exact) mass is 532 g/mol. The molecule has 2 aromatic carbocycles. The molecule has 6 nitrogen and oxygen atoms in total. The summed E-state index contributed by atoms with van der Waals surface area (Å²) in [6, 6.07) is 20.0. The maximum Gasteiger partial charge on any atom is 0.191 e. The van der Waals surface area contributed by atoms with E-state index in [1.54, 1.807) is 27.5 Å². The van der Waals surface area contributed by atoms with Crippen LogP contribution in [0.4, 0.5) is 0 Å². The summed E-state index contributed by atoms with van der Waals surface area (Å²) < 4.78 is 10.9. The zero-order valence-corrected chi connectivity index (χ0v) is 20.6. The molecule has 1 atom stereocenters. The topological polar surface area (TPSA) is 67.8 Å². The van der Waals surface area contributed by atoms with Crippen molar-refractivity contribution >= 4 is 29.9 Å². The van der Waals surface area contributed by atoms with Crippen molar-refractivity contribution < 1.29 is 9.47 Å². The van der Waals surface area contributed by atoms with Gasteiger partial charge in [-0.2, -0.15) is 0 Å². The van der Waals surface area contributed by atoms with E-state index in [0.29, 0.717) is 12.5 Å². The summed E-state index contributed by atoms with van der Waals surface area (Å²) in [5.41, 5.74) is 4.19. The van der Waals surface area contributed by atoms with Crippen molar-refractivity contribution in [2.45, 2.75) is 19.5 Å². The molecule has 164 valence electrons. The van der Waals surface area contributed by atoms with E-state index in [9.17, 15) is 0 Å². The van der Waals surface area contributed by atoms with Crippen LogP contribution in [0.1, 0.15) is 24.1 Å². The molecular formula is C24H29IN4O2. The Labute approximate surface area is 201 Å². The minimum Gasteiger partial charge on any atom is -0.497 e. The molecule has 2 N–H and O–H groups in total.